The van der Waals surface area contributed by atoms with Crippen molar-refractivity contribution in [2.75, 3.05) is 9.80 Å². The molecule has 4 aromatic carbocycles. The summed E-state index contributed by atoms with van der Waals surface area (Å²) in [6, 6.07) is 34.9. The lowest BCUT2D eigenvalue weighted by atomic mass is 9.78. The highest BCUT2D eigenvalue weighted by molar-refractivity contribution is 6.22. The van der Waals surface area contributed by atoms with E-state index >= 15 is 0 Å². The predicted octanol–water partition coefficient (Wildman–Crippen LogP) is 5.65. The van der Waals surface area contributed by atoms with Crippen molar-refractivity contribution in [3.63, 3.8) is 0 Å². The Kier molecular flexibility index (Phi) is 6.92. The monoisotopic (exact) mass is 490 g/mol. The Bertz CT molecular complexity index is 1380. The van der Waals surface area contributed by atoms with Gasteiger partial charge in [-0.1, -0.05) is 97.1 Å². The minimum absolute atomic E-state index is 0.0130. The number of imide groups is 1. The molecule has 1 saturated heterocycles. The van der Waals surface area contributed by atoms with Crippen LogP contribution in [-0.2, 0) is 4.79 Å². The number of amides is 3. The van der Waals surface area contributed by atoms with Gasteiger partial charge in [0.15, 0.2) is 5.78 Å². The lowest BCUT2D eigenvalue weighted by Gasteiger charge is -2.44. The molecule has 3 unspecified atom stereocenters. The fraction of sp³-hybridized carbons (Fsp3) is 0.129. The fourth-order valence-electron chi connectivity index (χ4n) is 4.89. The lowest BCUT2D eigenvalue weighted by Crippen LogP contribution is -2.63. The van der Waals surface area contributed by atoms with Crippen molar-refractivity contribution in [1.29, 1.82) is 0 Å². The summed E-state index contributed by atoms with van der Waals surface area (Å²) in [6.45, 7) is 0. The summed E-state index contributed by atoms with van der Waals surface area (Å²) in [5.74, 6) is -2.47. The number of aliphatic hydroxyl groups is 1. The summed E-state index contributed by atoms with van der Waals surface area (Å²) < 4.78 is 0. The normalized spacial score (nSPS) is 18.5. The van der Waals surface area contributed by atoms with Crippen LogP contribution in [0.15, 0.2) is 121 Å². The first kappa shape index (κ1) is 24.2. The number of urea groups is 1. The Balaban J connectivity index is 1.63. The molecule has 1 heterocycles. The molecule has 0 aliphatic carbocycles. The van der Waals surface area contributed by atoms with Crippen molar-refractivity contribution in [2.24, 2.45) is 5.92 Å². The maximum Gasteiger partial charge on any atom is 0.337 e. The molecular weight excluding hydrogens is 464 g/mol. The van der Waals surface area contributed by atoms with E-state index in [1.165, 1.54) is 4.90 Å². The number of benzene rings is 4. The zero-order valence-corrected chi connectivity index (χ0v) is 20.1. The second kappa shape index (κ2) is 10.6. The van der Waals surface area contributed by atoms with E-state index < -0.39 is 30.0 Å². The molecule has 5 rings (SSSR count). The quantitative estimate of drug-likeness (QED) is 0.340. The summed E-state index contributed by atoms with van der Waals surface area (Å²) in [7, 11) is 0. The van der Waals surface area contributed by atoms with Crippen LogP contribution in [0.1, 0.15) is 28.3 Å². The van der Waals surface area contributed by atoms with Gasteiger partial charge in [0, 0.05) is 23.6 Å². The van der Waals surface area contributed by atoms with Gasteiger partial charge in [0.1, 0.15) is 6.23 Å². The van der Waals surface area contributed by atoms with E-state index in [1.54, 1.807) is 78.9 Å². The molecule has 6 nitrogen and oxygen atoms in total. The Labute approximate surface area is 215 Å². The van der Waals surface area contributed by atoms with Crippen molar-refractivity contribution in [3.8, 4) is 0 Å². The molecule has 0 radical (unpaired) electrons. The van der Waals surface area contributed by atoms with E-state index in [0.29, 0.717) is 16.9 Å². The van der Waals surface area contributed by atoms with Gasteiger partial charge in [-0.2, -0.15) is 0 Å². The maximum atomic E-state index is 14.1. The number of anilines is 2. The average molecular weight is 491 g/mol. The first-order valence-electron chi connectivity index (χ1n) is 12.1. The smallest absolute Gasteiger partial charge is 0.337 e. The average Bonchev–Trinajstić information content (AvgIpc) is 2.94. The molecular formula is C31H26N2O4. The third kappa shape index (κ3) is 4.79. The minimum atomic E-state index is -1.48. The van der Waals surface area contributed by atoms with Crippen molar-refractivity contribution in [3.05, 3.63) is 132 Å². The van der Waals surface area contributed by atoms with Crippen molar-refractivity contribution in [1.82, 2.24) is 0 Å². The molecule has 4 aromatic rings. The maximum absolute atomic E-state index is 14.1. The molecule has 0 saturated carbocycles. The van der Waals surface area contributed by atoms with Gasteiger partial charge in [-0.15, -0.1) is 0 Å². The van der Waals surface area contributed by atoms with E-state index in [1.807, 2.05) is 42.5 Å². The van der Waals surface area contributed by atoms with Crippen LogP contribution >= 0.6 is 0 Å². The third-order valence-electron chi connectivity index (χ3n) is 6.70. The standard InChI is InChI=1S/C31H26N2O4/c34-27(23-15-7-2-8-16-23)21-26(22-13-5-1-6-14-22)28-29(35)32(24-17-9-3-10-18-24)31(37)33(30(28)36)25-19-11-4-12-20-25/h1-20,26,28-29,35H,21H2. The number of aliphatic hydroxyl groups excluding tert-OH is 1. The molecule has 37 heavy (non-hydrogen) atoms. The number of carbonyl (C=O) groups excluding carboxylic acids is 3. The highest BCUT2D eigenvalue weighted by Crippen LogP contribution is 2.40. The first-order valence-corrected chi connectivity index (χ1v) is 12.1. The number of ketones is 1. The second-order valence-corrected chi connectivity index (χ2v) is 8.95. The summed E-state index contributed by atoms with van der Waals surface area (Å²) in [6.07, 6.45) is -1.49. The molecule has 6 heteroatoms. The van der Waals surface area contributed by atoms with E-state index in [4.69, 9.17) is 0 Å². The molecule has 0 bridgehead atoms. The number of nitrogens with zero attached hydrogens (tertiary/aromatic N) is 2. The van der Waals surface area contributed by atoms with Crippen LogP contribution in [0.25, 0.3) is 0 Å². The van der Waals surface area contributed by atoms with Crippen LogP contribution in [-0.4, -0.2) is 29.1 Å². The number of Topliss-reactive ketones (excluding diaryl/α,β-unsaturated/α-hetero) is 1. The lowest BCUT2D eigenvalue weighted by molar-refractivity contribution is -0.127. The van der Waals surface area contributed by atoms with Gasteiger partial charge in [-0.05, 0) is 29.8 Å². The van der Waals surface area contributed by atoms with Crippen LogP contribution in [0.4, 0.5) is 16.2 Å². The zero-order valence-electron chi connectivity index (χ0n) is 20.1. The van der Waals surface area contributed by atoms with E-state index in [-0.39, 0.29) is 12.2 Å². The minimum Gasteiger partial charge on any atom is -0.372 e. The van der Waals surface area contributed by atoms with E-state index in [9.17, 15) is 19.5 Å². The molecule has 0 aromatic heterocycles. The number of carbonyl (C=O) groups is 3. The SMILES string of the molecule is O=C(CC(c1ccccc1)C1C(=O)N(c2ccccc2)C(=O)N(c2ccccc2)C1O)c1ccccc1. The van der Waals surface area contributed by atoms with Crippen LogP contribution in [0.5, 0.6) is 0 Å². The molecule has 3 atom stereocenters. The predicted molar refractivity (Wildman–Crippen MR) is 142 cm³/mol. The summed E-state index contributed by atoms with van der Waals surface area (Å²) >= 11 is 0. The molecule has 1 fully saturated rings. The number of hydrogen-bond donors (Lipinski definition) is 1. The van der Waals surface area contributed by atoms with Gasteiger partial charge < -0.3 is 5.11 Å². The van der Waals surface area contributed by atoms with Gasteiger partial charge in [0.05, 0.1) is 11.6 Å². The van der Waals surface area contributed by atoms with Crippen LogP contribution in [0.3, 0.4) is 0 Å². The molecule has 1 aliphatic rings. The fourth-order valence-corrected chi connectivity index (χ4v) is 4.89. The van der Waals surface area contributed by atoms with Crippen LogP contribution in [0.2, 0.25) is 0 Å². The second-order valence-electron chi connectivity index (χ2n) is 8.95. The highest BCUT2D eigenvalue weighted by Gasteiger charge is 2.50. The van der Waals surface area contributed by atoms with Crippen LogP contribution < -0.4 is 9.80 Å². The summed E-state index contributed by atoms with van der Waals surface area (Å²) in [4.78, 5) is 43.5. The Morgan fingerprint density at radius 3 is 1.76 bits per heavy atom. The van der Waals surface area contributed by atoms with Gasteiger partial charge in [-0.3, -0.25) is 14.5 Å². The topological polar surface area (TPSA) is 77.9 Å². The van der Waals surface area contributed by atoms with Crippen molar-refractivity contribution in [2.45, 2.75) is 18.6 Å². The zero-order chi connectivity index (χ0) is 25.8. The van der Waals surface area contributed by atoms with Gasteiger partial charge >= 0.3 is 6.03 Å². The third-order valence-corrected chi connectivity index (χ3v) is 6.70. The Hall–Kier alpha value is -4.55. The molecule has 3 amide bonds. The first-order chi connectivity index (χ1) is 18.1. The molecule has 1 aliphatic heterocycles. The number of rotatable bonds is 7. The Morgan fingerprint density at radius 2 is 1.19 bits per heavy atom. The van der Waals surface area contributed by atoms with Crippen molar-refractivity contribution < 1.29 is 19.5 Å². The highest BCUT2D eigenvalue weighted by atomic mass is 16.3. The van der Waals surface area contributed by atoms with Gasteiger partial charge in [0.25, 0.3) is 0 Å². The Morgan fingerprint density at radius 1 is 0.703 bits per heavy atom. The largest absolute Gasteiger partial charge is 0.372 e. The van der Waals surface area contributed by atoms with Gasteiger partial charge in [-0.25, -0.2) is 9.69 Å². The summed E-state index contributed by atoms with van der Waals surface area (Å²) in [5.41, 5.74) is 2.12. The summed E-state index contributed by atoms with van der Waals surface area (Å²) in [5, 5.41) is 11.6. The molecule has 184 valence electrons. The van der Waals surface area contributed by atoms with Crippen LogP contribution in [0, 0.1) is 5.92 Å². The van der Waals surface area contributed by atoms with Gasteiger partial charge in [0.2, 0.25) is 5.91 Å². The van der Waals surface area contributed by atoms with E-state index in [2.05, 4.69) is 0 Å². The van der Waals surface area contributed by atoms with Crippen molar-refractivity contribution >= 4 is 29.1 Å². The number of para-hydroxylation sites is 2. The number of hydrogen-bond acceptors (Lipinski definition) is 4. The van der Waals surface area contributed by atoms with E-state index in [0.717, 1.165) is 10.5 Å². The molecule has 0 spiro atoms. The molecule has 1 N–H and O–H groups in total.